The third-order valence-corrected chi connectivity index (χ3v) is 8.28. The Bertz CT molecular complexity index is 867. The van der Waals surface area contributed by atoms with Crippen molar-refractivity contribution in [3.05, 3.63) is 46.8 Å². The summed E-state index contributed by atoms with van der Waals surface area (Å²) >= 11 is 2.87. The summed E-state index contributed by atoms with van der Waals surface area (Å²) in [5.74, 6) is 0. The lowest BCUT2D eigenvalue weighted by Crippen LogP contribution is -2.30. The fourth-order valence-corrected chi connectivity index (χ4v) is 6.80. The molecule has 0 spiro atoms. The lowest BCUT2D eigenvalue weighted by Gasteiger charge is -2.21. The number of benzene rings is 1. The first-order valence-corrected chi connectivity index (χ1v) is 10.2. The van der Waals surface area contributed by atoms with Crippen LogP contribution in [0.3, 0.4) is 0 Å². The molecule has 4 nitrogen and oxygen atoms in total. The minimum Gasteiger partial charge on any atom is -0.239 e. The van der Waals surface area contributed by atoms with E-state index in [1.165, 1.54) is 11.3 Å². The van der Waals surface area contributed by atoms with E-state index < -0.39 is 10.0 Å². The van der Waals surface area contributed by atoms with Gasteiger partial charge in [-0.05, 0) is 36.4 Å². The normalized spacial score (nSPS) is 19.9. The monoisotopic (exact) mass is 350 g/mol. The first-order valence-electron chi connectivity index (χ1n) is 7.07. The Morgan fingerprint density at radius 3 is 2.82 bits per heavy atom. The van der Waals surface area contributed by atoms with Gasteiger partial charge in [0.2, 0.25) is 0 Å². The van der Waals surface area contributed by atoms with E-state index in [1.807, 2.05) is 24.3 Å². The molecule has 0 aliphatic carbocycles. The van der Waals surface area contributed by atoms with Crippen LogP contribution in [0.15, 0.2) is 46.0 Å². The van der Waals surface area contributed by atoms with E-state index in [-0.39, 0.29) is 6.04 Å². The van der Waals surface area contributed by atoms with E-state index in [0.29, 0.717) is 10.8 Å². The molecule has 0 unspecified atom stereocenters. The zero-order chi connectivity index (χ0) is 15.2. The molecule has 1 saturated heterocycles. The average Bonchev–Trinajstić information content (AvgIpc) is 3.25. The molecule has 1 atom stereocenters. The summed E-state index contributed by atoms with van der Waals surface area (Å²) in [5.41, 5.74) is 0.947. The number of fused-ring (bicyclic) bond motifs is 1. The van der Waals surface area contributed by atoms with Crippen LogP contribution in [0.25, 0.3) is 10.2 Å². The molecule has 22 heavy (non-hydrogen) atoms. The Hall–Kier alpha value is -1.28. The number of nitrogens with zero attached hydrogens (tertiary/aromatic N) is 2. The van der Waals surface area contributed by atoms with Crippen LogP contribution in [0.2, 0.25) is 0 Å². The molecule has 3 aromatic rings. The van der Waals surface area contributed by atoms with E-state index in [2.05, 4.69) is 4.98 Å². The number of hydrogen-bond donors (Lipinski definition) is 0. The van der Waals surface area contributed by atoms with Crippen LogP contribution >= 0.6 is 22.7 Å². The molecule has 0 amide bonds. The Morgan fingerprint density at radius 2 is 2.05 bits per heavy atom. The standard InChI is InChI=1S/C15H14N2O2S3/c18-22(19,14-8-4-10-20-14)17-9-3-6-12(17)15-16-11-5-1-2-7-13(11)21-15/h1-2,4-5,7-8,10,12H,3,6,9H2/t12-/m0/s1. The molecule has 1 fully saturated rings. The van der Waals surface area contributed by atoms with Crippen LogP contribution in [0.4, 0.5) is 0 Å². The van der Waals surface area contributed by atoms with Gasteiger partial charge in [0.1, 0.15) is 9.22 Å². The second-order valence-electron chi connectivity index (χ2n) is 5.23. The minimum absolute atomic E-state index is 0.135. The van der Waals surface area contributed by atoms with Crippen molar-refractivity contribution in [3.8, 4) is 0 Å². The van der Waals surface area contributed by atoms with Crippen LogP contribution in [0, 0.1) is 0 Å². The predicted molar refractivity (Wildman–Crippen MR) is 89.8 cm³/mol. The van der Waals surface area contributed by atoms with Gasteiger partial charge in [-0.2, -0.15) is 4.31 Å². The third-order valence-electron chi connectivity index (χ3n) is 3.86. The fraction of sp³-hybridized carbons (Fsp3) is 0.267. The Labute approximate surface area is 137 Å². The van der Waals surface area contributed by atoms with Crippen molar-refractivity contribution >= 4 is 42.9 Å². The van der Waals surface area contributed by atoms with E-state index in [9.17, 15) is 8.42 Å². The second kappa shape index (κ2) is 5.42. The van der Waals surface area contributed by atoms with Crippen molar-refractivity contribution < 1.29 is 8.42 Å². The minimum atomic E-state index is -3.41. The van der Waals surface area contributed by atoms with Crippen molar-refractivity contribution in [3.63, 3.8) is 0 Å². The zero-order valence-electron chi connectivity index (χ0n) is 11.7. The van der Waals surface area contributed by atoms with Crippen molar-refractivity contribution in [1.29, 1.82) is 0 Å². The molecule has 0 bridgehead atoms. The van der Waals surface area contributed by atoms with Gasteiger partial charge < -0.3 is 0 Å². The van der Waals surface area contributed by atoms with E-state index in [4.69, 9.17) is 0 Å². The molecule has 2 aromatic heterocycles. The van der Waals surface area contributed by atoms with Crippen molar-refractivity contribution in [1.82, 2.24) is 9.29 Å². The van der Waals surface area contributed by atoms with Crippen molar-refractivity contribution in [2.75, 3.05) is 6.54 Å². The molecular formula is C15H14N2O2S3. The largest absolute Gasteiger partial charge is 0.253 e. The predicted octanol–water partition coefficient (Wildman–Crippen LogP) is 3.88. The van der Waals surface area contributed by atoms with Crippen LogP contribution in [-0.4, -0.2) is 24.3 Å². The molecule has 1 aliphatic heterocycles. The molecule has 0 N–H and O–H groups in total. The van der Waals surface area contributed by atoms with Gasteiger partial charge in [0.25, 0.3) is 10.0 Å². The number of para-hydroxylation sites is 1. The highest BCUT2D eigenvalue weighted by Crippen LogP contribution is 2.40. The van der Waals surface area contributed by atoms with Crippen LogP contribution in [0.1, 0.15) is 23.9 Å². The highest BCUT2D eigenvalue weighted by Gasteiger charge is 2.38. The second-order valence-corrected chi connectivity index (χ2v) is 9.35. The molecule has 4 rings (SSSR count). The smallest absolute Gasteiger partial charge is 0.239 e. The fourth-order valence-electron chi connectivity index (χ4n) is 2.83. The lowest BCUT2D eigenvalue weighted by molar-refractivity contribution is 0.397. The summed E-state index contributed by atoms with van der Waals surface area (Å²) < 4.78 is 28.8. The van der Waals surface area contributed by atoms with Gasteiger partial charge in [0, 0.05) is 6.54 Å². The van der Waals surface area contributed by atoms with Gasteiger partial charge in [-0.1, -0.05) is 18.2 Å². The third kappa shape index (κ3) is 2.28. The first kappa shape index (κ1) is 14.3. The Morgan fingerprint density at radius 1 is 1.18 bits per heavy atom. The maximum atomic E-state index is 12.8. The van der Waals surface area contributed by atoms with Crippen molar-refractivity contribution in [2.45, 2.75) is 23.1 Å². The van der Waals surface area contributed by atoms with Crippen LogP contribution < -0.4 is 0 Å². The number of aromatic nitrogens is 1. The lowest BCUT2D eigenvalue weighted by atomic mass is 10.2. The number of hydrogen-bond acceptors (Lipinski definition) is 5. The summed E-state index contributed by atoms with van der Waals surface area (Å²) in [4.78, 5) is 4.66. The van der Waals surface area contributed by atoms with E-state index >= 15 is 0 Å². The van der Waals surface area contributed by atoms with E-state index in [1.54, 1.807) is 33.2 Å². The van der Waals surface area contributed by atoms with Crippen LogP contribution in [-0.2, 0) is 10.0 Å². The Kier molecular flexibility index (Phi) is 3.53. The maximum Gasteiger partial charge on any atom is 0.253 e. The first-order chi connectivity index (χ1) is 10.7. The summed E-state index contributed by atoms with van der Waals surface area (Å²) in [6, 6.07) is 11.3. The summed E-state index contributed by atoms with van der Waals surface area (Å²) in [6.45, 7) is 0.570. The molecule has 7 heteroatoms. The molecule has 114 valence electrons. The van der Waals surface area contributed by atoms with E-state index in [0.717, 1.165) is 28.1 Å². The number of rotatable bonds is 3. The van der Waals surface area contributed by atoms with Gasteiger partial charge in [0.15, 0.2) is 0 Å². The maximum absolute atomic E-state index is 12.8. The molecule has 1 aliphatic rings. The Balaban J connectivity index is 1.75. The SMILES string of the molecule is O=S(=O)(c1cccs1)N1CCC[C@H]1c1nc2ccccc2s1. The number of sulfonamides is 1. The quantitative estimate of drug-likeness (QED) is 0.720. The topological polar surface area (TPSA) is 50.3 Å². The molecule has 0 saturated carbocycles. The zero-order valence-corrected chi connectivity index (χ0v) is 14.1. The summed E-state index contributed by atoms with van der Waals surface area (Å²) in [6.07, 6.45) is 1.72. The summed E-state index contributed by atoms with van der Waals surface area (Å²) in [5, 5.41) is 2.70. The molecular weight excluding hydrogens is 336 g/mol. The highest BCUT2D eigenvalue weighted by molar-refractivity contribution is 7.91. The van der Waals surface area contributed by atoms with Crippen LogP contribution in [0.5, 0.6) is 0 Å². The van der Waals surface area contributed by atoms with Gasteiger partial charge in [-0.25, -0.2) is 13.4 Å². The van der Waals surface area contributed by atoms with Gasteiger partial charge in [0.05, 0.1) is 16.3 Å². The molecule has 3 heterocycles. The number of thiazole rings is 1. The van der Waals surface area contributed by atoms with Gasteiger partial charge in [-0.3, -0.25) is 0 Å². The van der Waals surface area contributed by atoms with Gasteiger partial charge in [-0.15, -0.1) is 22.7 Å². The number of thiophene rings is 1. The summed E-state index contributed by atoms with van der Waals surface area (Å²) in [7, 11) is -3.41. The molecule has 1 aromatic carbocycles. The molecule has 0 radical (unpaired) electrons. The highest BCUT2D eigenvalue weighted by atomic mass is 32.2. The average molecular weight is 350 g/mol. The van der Waals surface area contributed by atoms with Gasteiger partial charge >= 0.3 is 0 Å². The van der Waals surface area contributed by atoms with Crippen molar-refractivity contribution in [2.24, 2.45) is 0 Å².